The van der Waals surface area contributed by atoms with Gasteiger partial charge in [0.1, 0.15) is 12.3 Å². The van der Waals surface area contributed by atoms with Gasteiger partial charge in [0.25, 0.3) is 11.1 Å². The molecule has 8 heteroatoms. The number of aryl methyl sites for hydroxylation is 1. The fraction of sp³-hybridized carbons (Fsp3) is 0.105. The number of nitrogens with one attached hydrogen (secondary N) is 1. The molecule has 0 saturated carbocycles. The Morgan fingerprint density at radius 3 is 2.63 bits per heavy atom. The zero-order valence-corrected chi connectivity index (χ0v) is 15.8. The van der Waals surface area contributed by atoms with E-state index in [1.807, 2.05) is 31.2 Å². The number of hydrogen-bond acceptors (Lipinski definition) is 5. The van der Waals surface area contributed by atoms with Gasteiger partial charge in [0.15, 0.2) is 0 Å². The molecule has 0 spiro atoms. The highest BCUT2D eigenvalue weighted by Gasteiger charge is 2.36. The molecule has 27 heavy (non-hydrogen) atoms. The van der Waals surface area contributed by atoms with Crippen LogP contribution in [0.4, 0.5) is 10.5 Å². The lowest BCUT2D eigenvalue weighted by molar-refractivity contribution is -0.127. The number of hydrogen-bond donors (Lipinski definition) is 2. The van der Waals surface area contributed by atoms with E-state index in [-0.39, 0.29) is 16.3 Å². The Balaban J connectivity index is 1.71. The molecular formula is C19H15ClN2O4S. The minimum Gasteiger partial charge on any atom is -0.506 e. The van der Waals surface area contributed by atoms with Crippen molar-refractivity contribution in [3.05, 3.63) is 63.5 Å². The fourth-order valence-corrected chi connectivity index (χ4v) is 3.40. The van der Waals surface area contributed by atoms with E-state index in [0.29, 0.717) is 5.02 Å². The molecule has 2 aromatic carbocycles. The number of carbonyl (C=O) groups excluding carboxylic acids is 3. The van der Waals surface area contributed by atoms with E-state index < -0.39 is 23.6 Å². The zero-order valence-electron chi connectivity index (χ0n) is 14.2. The van der Waals surface area contributed by atoms with E-state index in [1.54, 1.807) is 6.08 Å². The summed E-state index contributed by atoms with van der Waals surface area (Å²) in [5.41, 5.74) is 1.98. The normalized spacial score (nSPS) is 15.5. The van der Waals surface area contributed by atoms with Crippen molar-refractivity contribution in [2.75, 3.05) is 11.9 Å². The highest BCUT2D eigenvalue weighted by molar-refractivity contribution is 8.18. The number of benzene rings is 2. The number of imide groups is 1. The Morgan fingerprint density at radius 1 is 1.22 bits per heavy atom. The van der Waals surface area contributed by atoms with Gasteiger partial charge in [-0.25, -0.2) is 0 Å². The summed E-state index contributed by atoms with van der Waals surface area (Å²) >= 11 is 6.61. The van der Waals surface area contributed by atoms with Crippen LogP contribution in [0.25, 0.3) is 6.08 Å². The molecule has 0 radical (unpaired) electrons. The van der Waals surface area contributed by atoms with Crippen molar-refractivity contribution in [3.8, 4) is 5.75 Å². The SMILES string of the molecule is Cc1ccc(/C=C2\SC(=O)N(CC(=O)Nc3cc(Cl)ccc3O)C2=O)cc1. The number of thioether (sulfide) groups is 1. The second-order valence-electron chi connectivity index (χ2n) is 5.89. The second-order valence-corrected chi connectivity index (χ2v) is 7.32. The maximum absolute atomic E-state index is 12.5. The van der Waals surface area contributed by atoms with Crippen molar-refractivity contribution in [1.29, 1.82) is 0 Å². The van der Waals surface area contributed by atoms with Gasteiger partial charge in [-0.1, -0.05) is 41.4 Å². The summed E-state index contributed by atoms with van der Waals surface area (Å²) < 4.78 is 0. The smallest absolute Gasteiger partial charge is 0.294 e. The average Bonchev–Trinajstić information content (AvgIpc) is 2.87. The number of halogens is 1. The molecule has 3 rings (SSSR count). The molecule has 0 atom stereocenters. The van der Waals surface area contributed by atoms with Crippen molar-refractivity contribution in [2.24, 2.45) is 0 Å². The number of carbonyl (C=O) groups is 3. The van der Waals surface area contributed by atoms with Gasteiger partial charge < -0.3 is 10.4 Å². The Kier molecular flexibility index (Phi) is 5.53. The average molecular weight is 403 g/mol. The van der Waals surface area contributed by atoms with Crippen LogP contribution in [0.2, 0.25) is 5.02 Å². The van der Waals surface area contributed by atoms with Crippen molar-refractivity contribution in [3.63, 3.8) is 0 Å². The standard InChI is InChI=1S/C19H15ClN2O4S/c1-11-2-4-12(5-3-11)8-16-18(25)22(19(26)27-16)10-17(24)21-14-9-13(20)6-7-15(14)23/h2-9,23H,10H2,1H3,(H,21,24)/b16-8-. The number of anilines is 1. The predicted octanol–water partition coefficient (Wildman–Crippen LogP) is 4.03. The van der Waals surface area contributed by atoms with Gasteiger partial charge in [-0.2, -0.15) is 0 Å². The largest absolute Gasteiger partial charge is 0.506 e. The van der Waals surface area contributed by atoms with Gasteiger partial charge in [0.05, 0.1) is 10.6 Å². The van der Waals surface area contributed by atoms with Crippen LogP contribution in [-0.4, -0.2) is 33.6 Å². The molecule has 1 heterocycles. The molecule has 2 aromatic rings. The monoisotopic (exact) mass is 402 g/mol. The molecular weight excluding hydrogens is 388 g/mol. The van der Waals surface area contributed by atoms with Crippen molar-refractivity contribution < 1.29 is 19.5 Å². The first-order valence-corrected chi connectivity index (χ1v) is 9.13. The van der Waals surface area contributed by atoms with Gasteiger partial charge in [-0.05, 0) is 48.5 Å². The third-order valence-electron chi connectivity index (χ3n) is 3.78. The topological polar surface area (TPSA) is 86.7 Å². The number of aromatic hydroxyl groups is 1. The van der Waals surface area contributed by atoms with Crippen LogP contribution in [0.5, 0.6) is 5.75 Å². The minimum atomic E-state index is -0.619. The van der Waals surface area contributed by atoms with Crippen LogP contribution in [0.3, 0.4) is 0 Å². The molecule has 1 fully saturated rings. The van der Waals surface area contributed by atoms with Gasteiger partial charge in [0.2, 0.25) is 5.91 Å². The van der Waals surface area contributed by atoms with Crippen LogP contribution in [0.1, 0.15) is 11.1 Å². The lowest BCUT2D eigenvalue weighted by Gasteiger charge is -2.13. The molecule has 0 unspecified atom stereocenters. The number of rotatable bonds is 4. The first-order valence-electron chi connectivity index (χ1n) is 7.94. The zero-order chi connectivity index (χ0) is 19.6. The number of nitrogens with zero attached hydrogens (tertiary/aromatic N) is 1. The summed E-state index contributed by atoms with van der Waals surface area (Å²) in [5.74, 6) is -1.32. The summed E-state index contributed by atoms with van der Waals surface area (Å²) in [7, 11) is 0. The Labute approximate surface area is 164 Å². The van der Waals surface area contributed by atoms with Crippen LogP contribution in [0, 0.1) is 6.92 Å². The predicted molar refractivity (Wildman–Crippen MR) is 106 cm³/mol. The third-order valence-corrected chi connectivity index (χ3v) is 4.93. The van der Waals surface area contributed by atoms with E-state index in [1.165, 1.54) is 18.2 Å². The van der Waals surface area contributed by atoms with Gasteiger partial charge in [0, 0.05) is 5.02 Å². The molecule has 1 aliphatic rings. The van der Waals surface area contributed by atoms with Gasteiger partial charge in [-0.15, -0.1) is 0 Å². The maximum atomic E-state index is 12.5. The highest BCUT2D eigenvalue weighted by atomic mass is 35.5. The van der Waals surface area contributed by atoms with Crippen molar-refractivity contribution in [2.45, 2.75) is 6.92 Å². The summed E-state index contributed by atoms with van der Waals surface area (Å²) in [6.45, 7) is 1.50. The fourth-order valence-electron chi connectivity index (χ4n) is 2.39. The van der Waals surface area contributed by atoms with Gasteiger partial charge >= 0.3 is 0 Å². The molecule has 138 valence electrons. The molecule has 6 nitrogen and oxygen atoms in total. The number of phenolic OH excluding ortho intramolecular Hbond substituents is 1. The Morgan fingerprint density at radius 2 is 1.93 bits per heavy atom. The van der Waals surface area contributed by atoms with E-state index in [2.05, 4.69) is 5.32 Å². The van der Waals surface area contributed by atoms with E-state index in [4.69, 9.17) is 11.6 Å². The summed E-state index contributed by atoms with van der Waals surface area (Å²) in [6.07, 6.45) is 1.62. The number of amides is 3. The molecule has 0 aliphatic carbocycles. The second kappa shape index (κ2) is 7.85. The lowest BCUT2D eigenvalue weighted by atomic mass is 10.1. The minimum absolute atomic E-state index is 0.106. The number of phenols is 1. The van der Waals surface area contributed by atoms with E-state index >= 15 is 0 Å². The Hall–Kier alpha value is -2.77. The van der Waals surface area contributed by atoms with Crippen LogP contribution in [-0.2, 0) is 9.59 Å². The quantitative estimate of drug-likeness (QED) is 0.595. The van der Waals surface area contributed by atoms with Crippen molar-refractivity contribution >= 4 is 52.2 Å². The third kappa shape index (κ3) is 4.50. The van der Waals surface area contributed by atoms with Crippen LogP contribution in [0.15, 0.2) is 47.4 Å². The maximum Gasteiger partial charge on any atom is 0.294 e. The van der Waals surface area contributed by atoms with Crippen molar-refractivity contribution in [1.82, 2.24) is 4.90 Å². The molecule has 1 saturated heterocycles. The lowest BCUT2D eigenvalue weighted by Crippen LogP contribution is -2.36. The summed E-state index contributed by atoms with van der Waals surface area (Å²) in [6, 6.07) is 11.7. The molecule has 3 amide bonds. The van der Waals surface area contributed by atoms with Crippen LogP contribution >= 0.6 is 23.4 Å². The summed E-state index contributed by atoms with van der Waals surface area (Å²) in [4.78, 5) is 37.9. The molecule has 0 bridgehead atoms. The van der Waals surface area contributed by atoms with E-state index in [9.17, 15) is 19.5 Å². The molecule has 0 aromatic heterocycles. The first kappa shape index (κ1) is 19.0. The molecule has 2 N–H and O–H groups in total. The Bertz CT molecular complexity index is 957. The van der Waals surface area contributed by atoms with Crippen LogP contribution < -0.4 is 5.32 Å². The van der Waals surface area contributed by atoms with E-state index in [0.717, 1.165) is 27.8 Å². The first-order chi connectivity index (χ1) is 12.8. The molecule has 1 aliphatic heterocycles. The summed E-state index contributed by atoms with van der Waals surface area (Å²) in [5, 5.41) is 12.0. The van der Waals surface area contributed by atoms with Gasteiger partial charge in [-0.3, -0.25) is 19.3 Å². The highest BCUT2D eigenvalue weighted by Crippen LogP contribution is 2.32.